The zero-order valence-electron chi connectivity index (χ0n) is 25.9. The number of halogens is 2. The Labute approximate surface area is 256 Å². The first kappa shape index (κ1) is 35.4. The molecule has 1 heterocycles. The normalized spacial score (nSPS) is 23.6. The Morgan fingerprint density at radius 2 is 1.70 bits per heavy atom. The Kier molecular flexibility index (Phi) is 13.0. The third-order valence-electron chi connectivity index (χ3n) is 8.15. The Balaban J connectivity index is 2.15. The number of hydrogen-bond donors (Lipinski definition) is 0. The van der Waals surface area contributed by atoms with Gasteiger partial charge in [0.05, 0.1) is 23.7 Å². The summed E-state index contributed by atoms with van der Waals surface area (Å²) < 4.78 is 27.2. The van der Waals surface area contributed by atoms with Gasteiger partial charge < -0.3 is 17.7 Å². The highest BCUT2D eigenvalue weighted by Crippen LogP contribution is 2.57. The zero-order chi connectivity index (χ0) is 30.2. The van der Waals surface area contributed by atoms with Crippen LogP contribution in [0.3, 0.4) is 0 Å². The van der Waals surface area contributed by atoms with Crippen LogP contribution in [0.5, 0.6) is 0 Å². The molecule has 0 aliphatic carbocycles. The number of allylic oxidation sites excluding steroid dienone is 3. The van der Waals surface area contributed by atoms with Crippen LogP contribution < -0.4 is 0 Å². The molecule has 0 bridgehead atoms. The van der Waals surface area contributed by atoms with Gasteiger partial charge in [0.15, 0.2) is 0 Å². The topological polar surface area (TPSA) is 36.9 Å². The molecule has 0 amide bonds. The predicted molar refractivity (Wildman–Crippen MR) is 179 cm³/mol. The fourth-order valence-corrected chi connectivity index (χ4v) is 15.9. The van der Waals surface area contributed by atoms with E-state index in [-0.39, 0.29) is 5.22 Å². The van der Waals surface area contributed by atoms with E-state index >= 15 is 0 Å². The lowest BCUT2D eigenvalue weighted by Gasteiger charge is -2.45. The molecule has 224 valence electrons. The SMILES string of the molecule is C=CCC(C)(O[Si]1(C)CC1(CC)O[Si](C)(C)OCc1ccc(CCl)cc1)[Si](C)(C)OCC(C=C)=CC=C(C)CCl. The smallest absolute Gasteiger partial charge is 0.332 e. The predicted octanol–water partition coefficient (Wildman–Crippen LogP) is 9.35. The minimum Gasteiger partial charge on any atom is -0.410 e. The molecule has 2 rings (SSSR count). The molecule has 4 nitrogen and oxygen atoms in total. The largest absolute Gasteiger partial charge is 0.410 e. The summed E-state index contributed by atoms with van der Waals surface area (Å²) in [6.45, 7) is 26.5. The standard InChI is InChI=1S/C31H50Cl2O4Si3/c1-11-20-30(5,38(6,7)34-23-27(12-2)15-14-26(4)21-32)36-40(10)25-31(40,13-3)37-39(8,9)35-24-29-18-16-28(22-33)17-19-29/h11-12,14-19H,1-2,13,20-25H2,3-10H3. The summed E-state index contributed by atoms with van der Waals surface area (Å²) in [6, 6.07) is 9.21. The third-order valence-corrected chi connectivity index (χ3v) is 19.0. The maximum atomic E-state index is 7.22. The van der Waals surface area contributed by atoms with Gasteiger partial charge in [-0.2, -0.15) is 0 Å². The van der Waals surface area contributed by atoms with Crippen molar-refractivity contribution < 1.29 is 17.7 Å². The van der Waals surface area contributed by atoms with Crippen molar-refractivity contribution in [1.82, 2.24) is 0 Å². The van der Waals surface area contributed by atoms with E-state index in [2.05, 4.69) is 71.9 Å². The van der Waals surface area contributed by atoms with Crippen molar-refractivity contribution in [2.45, 2.75) is 95.3 Å². The summed E-state index contributed by atoms with van der Waals surface area (Å²) >= 11 is 11.9. The third kappa shape index (κ3) is 9.12. The highest BCUT2D eigenvalue weighted by molar-refractivity contribution is 6.88. The molecule has 0 N–H and O–H groups in total. The molecule has 1 saturated heterocycles. The first-order chi connectivity index (χ1) is 18.6. The van der Waals surface area contributed by atoms with Crippen molar-refractivity contribution in [3.8, 4) is 0 Å². The number of hydrogen-bond acceptors (Lipinski definition) is 4. The quantitative estimate of drug-likeness (QED) is 0.0693. The Morgan fingerprint density at radius 1 is 1.07 bits per heavy atom. The lowest BCUT2D eigenvalue weighted by atomic mass is 10.2. The van der Waals surface area contributed by atoms with Crippen molar-refractivity contribution >= 4 is 48.4 Å². The molecule has 1 aromatic rings. The molecule has 3 atom stereocenters. The van der Waals surface area contributed by atoms with Crippen LogP contribution in [0.2, 0.25) is 38.8 Å². The van der Waals surface area contributed by atoms with Gasteiger partial charge >= 0.3 is 8.56 Å². The molecule has 0 radical (unpaired) electrons. The van der Waals surface area contributed by atoms with Crippen molar-refractivity contribution in [2.75, 3.05) is 12.5 Å². The molecule has 1 aliphatic heterocycles. The monoisotopic (exact) mass is 640 g/mol. The van der Waals surface area contributed by atoms with Gasteiger partial charge in [-0.05, 0) is 82.2 Å². The van der Waals surface area contributed by atoms with E-state index in [0.29, 0.717) is 25.0 Å². The van der Waals surface area contributed by atoms with Gasteiger partial charge in [0, 0.05) is 11.8 Å². The van der Waals surface area contributed by atoms with Crippen molar-refractivity contribution in [3.05, 3.63) is 84.0 Å². The van der Waals surface area contributed by atoms with Gasteiger partial charge in [-0.25, -0.2) is 0 Å². The van der Waals surface area contributed by atoms with Crippen molar-refractivity contribution in [3.63, 3.8) is 0 Å². The minimum atomic E-state index is -2.43. The maximum Gasteiger partial charge on any atom is 0.332 e. The molecule has 1 fully saturated rings. The molecule has 9 heteroatoms. The Bertz CT molecular complexity index is 1070. The second-order valence-electron chi connectivity index (χ2n) is 12.2. The molecule has 3 unspecified atom stereocenters. The molecular formula is C31H50Cl2O4Si3. The van der Waals surface area contributed by atoms with Crippen LogP contribution in [0, 0.1) is 0 Å². The van der Waals surface area contributed by atoms with Gasteiger partial charge in [0.1, 0.15) is 0 Å². The van der Waals surface area contributed by atoms with Gasteiger partial charge in [0.25, 0.3) is 0 Å². The highest BCUT2D eigenvalue weighted by atomic mass is 35.5. The second kappa shape index (κ2) is 14.6. The molecular weight excluding hydrogens is 592 g/mol. The number of benzene rings is 1. The van der Waals surface area contributed by atoms with Gasteiger partial charge in [-0.3, -0.25) is 0 Å². The summed E-state index contributed by atoms with van der Waals surface area (Å²) in [4.78, 5) is 0. The molecule has 1 aliphatic rings. The van der Waals surface area contributed by atoms with Crippen molar-refractivity contribution in [1.29, 1.82) is 0 Å². The second-order valence-corrected chi connectivity index (χ2v) is 24.3. The first-order valence-corrected chi connectivity index (χ1v) is 23.5. The fraction of sp³-hybridized carbons (Fsp3) is 0.548. The molecule has 0 saturated carbocycles. The van der Waals surface area contributed by atoms with Crippen LogP contribution in [-0.4, -0.2) is 48.1 Å². The number of alkyl halides is 2. The van der Waals surface area contributed by atoms with E-state index in [9.17, 15) is 0 Å². The fourth-order valence-electron chi connectivity index (χ4n) is 4.89. The van der Waals surface area contributed by atoms with E-state index in [1.54, 1.807) is 0 Å². The minimum absolute atomic E-state index is 0.256. The van der Waals surface area contributed by atoms with Crippen LogP contribution in [0.25, 0.3) is 0 Å². The zero-order valence-corrected chi connectivity index (χ0v) is 30.4. The van der Waals surface area contributed by atoms with E-state index in [1.807, 2.05) is 43.4 Å². The summed E-state index contributed by atoms with van der Waals surface area (Å²) in [5.41, 5.74) is 4.35. The van der Waals surface area contributed by atoms with Crippen molar-refractivity contribution in [2.24, 2.45) is 0 Å². The van der Waals surface area contributed by atoms with E-state index in [0.717, 1.165) is 41.2 Å². The van der Waals surface area contributed by atoms with Crippen LogP contribution >= 0.6 is 23.2 Å². The van der Waals surface area contributed by atoms with Gasteiger partial charge in [-0.1, -0.05) is 67.6 Å². The summed E-state index contributed by atoms with van der Waals surface area (Å²) in [5, 5.41) is -0.699. The molecule has 40 heavy (non-hydrogen) atoms. The van der Waals surface area contributed by atoms with Gasteiger partial charge in [0.2, 0.25) is 16.6 Å². The summed E-state index contributed by atoms with van der Waals surface area (Å²) in [5.74, 6) is 1.02. The lowest BCUT2D eigenvalue weighted by Crippen LogP contribution is -2.60. The first-order valence-electron chi connectivity index (χ1n) is 14.1. The highest BCUT2D eigenvalue weighted by Gasteiger charge is 2.72. The van der Waals surface area contributed by atoms with Crippen LogP contribution in [-0.2, 0) is 30.2 Å². The van der Waals surface area contributed by atoms with Crippen LogP contribution in [0.4, 0.5) is 0 Å². The molecule has 1 aromatic carbocycles. The van der Waals surface area contributed by atoms with Crippen LogP contribution in [0.15, 0.2) is 72.9 Å². The van der Waals surface area contributed by atoms with Crippen LogP contribution in [0.1, 0.15) is 44.7 Å². The number of rotatable bonds is 18. The average molecular weight is 642 g/mol. The average Bonchev–Trinajstić information content (AvgIpc) is 3.48. The molecule has 0 aromatic heterocycles. The van der Waals surface area contributed by atoms with Gasteiger partial charge in [-0.15, -0.1) is 29.8 Å². The summed E-state index contributed by atoms with van der Waals surface area (Å²) in [7, 11) is -7.04. The summed E-state index contributed by atoms with van der Waals surface area (Å²) in [6.07, 6.45) is 9.49. The Morgan fingerprint density at radius 3 is 2.23 bits per heavy atom. The lowest BCUT2D eigenvalue weighted by molar-refractivity contribution is 0.0886. The van der Waals surface area contributed by atoms with E-state index < -0.39 is 30.4 Å². The molecule has 0 spiro atoms. The van der Waals surface area contributed by atoms with E-state index in [4.69, 9.17) is 40.9 Å². The van der Waals surface area contributed by atoms with E-state index in [1.165, 1.54) is 0 Å². The maximum absolute atomic E-state index is 7.22. The Hall–Kier alpha value is -0.749.